The maximum absolute atomic E-state index is 11.7. The highest BCUT2D eigenvalue weighted by atomic mass is 32.2. The van der Waals surface area contributed by atoms with Gasteiger partial charge in [-0.1, -0.05) is 61.2 Å². The van der Waals surface area contributed by atoms with Gasteiger partial charge < -0.3 is 5.32 Å². The van der Waals surface area contributed by atoms with Crippen LogP contribution in [0.4, 0.5) is 0 Å². The van der Waals surface area contributed by atoms with E-state index >= 15 is 0 Å². The highest BCUT2D eigenvalue weighted by Crippen LogP contribution is 2.09. The Morgan fingerprint density at radius 1 is 1.13 bits per heavy atom. The normalized spacial score (nSPS) is 10.9. The Labute approximate surface area is 141 Å². The van der Waals surface area contributed by atoms with Gasteiger partial charge in [-0.25, -0.2) is 0 Å². The molecule has 0 aliphatic carbocycles. The zero-order chi connectivity index (χ0) is 16.9. The van der Waals surface area contributed by atoms with Crippen LogP contribution in [-0.2, 0) is 16.1 Å². The second-order valence-electron chi connectivity index (χ2n) is 4.94. The zero-order valence-corrected chi connectivity index (χ0v) is 14.3. The fourth-order valence-electron chi connectivity index (χ4n) is 1.57. The number of amides is 1. The van der Waals surface area contributed by atoms with E-state index in [1.807, 2.05) is 55.5 Å². The van der Waals surface area contributed by atoms with E-state index in [1.165, 1.54) is 18.7 Å². The number of rotatable bonds is 5. The number of hydrogen-bond acceptors (Lipinski definition) is 4. The highest BCUT2D eigenvalue weighted by Gasteiger charge is 2.13. The van der Waals surface area contributed by atoms with Crippen molar-refractivity contribution in [1.29, 1.82) is 0 Å². The van der Waals surface area contributed by atoms with E-state index in [2.05, 4.69) is 10.3 Å². The summed E-state index contributed by atoms with van der Waals surface area (Å²) in [5.41, 5.74) is 0.965. The number of nitrogens with one attached hydrogen (secondary N) is 1. The summed E-state index contributed by atoms with van der Waals surface area (Å²) in [6.07, 6.45) is 3.41. The Kier molecular flexibility index (Phi) is 9.40. The Balaban J connectivity index is 0.000000366. The quantitative estimate of drug-likeness (QED) is 0.914. The number of pyridine rings is 1. The lowest BCUT2D eigenvalue weighted by molar-refractivity contribution is -0.124. The monoisotopic (exact) mass is 330 g/mol. The molecule has 2 aromatic rings. The smallest absolute Gasteiger partial charge is 0.223 e. The van der Waals surface area contributed by atoms with E-state index in [1.54, 1.807) is 12.4 Å². The maximum atomic E-state index is 11.7. The molecule has 1 unspecified atom stereocenters. The lowest BCUT2D eigenvalue weighted by atomic mass is 10.2. The number of carbonyl (C=O) groups excluding carboxylic acids is 2. The van der Waals surface area contributed by atoms with Crippen molar-refractivity contribution in [3.8, 4) is 0 Å². The third-order valence-corrected chi connectivity index (χ3v) is 3.91. The third kappa shape index (κ3) is 9.47. The molecular weight excluding hydrogens is 308 g/mol. The van der Waals surface area contributed by atoms with Crippen LogP contribution in [0, 0.1) is 5.92 Å². The van der Waals surface area contributed by atoms with Gasteiger partial charge in [0.1, 0.15) is 0 Å². The van der Waals surface area contributed by atoms with Crippen LogP contribution in [0.3, 0.4) is 0 Å². The minimum Gasteiger partial charge on any atom is -0.352 e. The summed E-state index contributed by atoms with van der Waals surface area (Å²) < 4.78 is 0. The van der Waals surface area contributed by atoms with Gasteiger partial charge in [0, 0.05) is 37.5 Å². The van der Waals surface area contributed by atoms with Gasteiger partial charge in [-0.3, -0.25) is 14.6 Å². The van der Waals surface area contributed by atoms with E-state index in [4.69, 9.17) is 0 Å². The molecule has 0 saturated heterocycles. The van der Waals surface area contributed by atoms with E-state index in [0.29, 0.717) is 12.3 Å². The minimum atomic E-state index is -0.166. The molecule has 0 fully saturated rings. The average Bonchev–Trinajstić information content (AvgIpc) is 2.60. The van der Waals surface area contributed by atoms with Crippen LogP contribution in [0.2, 0.25) is 0 Å². The molecule has 0 bridgehead atoms. The molecular formula is C18H22N2O2S. The molecule has 1 atom stereocenters. The molecule has 4 nitrogen and oxygen atoms in total. The summed E-state index contributed by atoms with van der Waals surface area (Å²) in [6, 6.07) is 15.7. The van der Waals surface area contributed by atoms with Crippen molar-refractivity contribution in [2.45, 2.75) is 20.4 Å². The van der Waals surface area contributed by atoms with E-state index in [0.717, 1.165) is 5.56 Å². The summed E-state index contributed by atoms with van der Waals surface area (Å²) in [5.74, 6) is 0.317. The number of aromatic nitrogens is 1. The minimum absolute atomic E-state index is 0.0388. The van der Waals surface area contributed by atoms with Crippen molar-refractivity contribution in [2.24, 2.45) is 5.92 Å². The Morgan fingerprint density at radius 2 is 1.74 bits per heavy atom. The van der Waals surface area contributed by atoms with Crippen LogP contribution in [0.1, 0.15) is 19.4 Å². The number of thioether (sulfide) groups is 1. The van der Waals surface area contributed by atoms with Gasteiger partial charge in [-0.05, 0) is 11.6 Å². The van der Waals surface area contributed by atoms with Crippen molar-refractivity contribution in [3.63, 3.8) is 0 Å². The fraction of sp³-hybridized carbons (Fsp3) is 0.278. The van der Waals surface area contributed by atoms with Gasteiger partial charge in [-0.2, -0.15) is 0 Å². The second kappa shape index (κ2) is 11.4. The lowest BCUT2D eigenvalue weighted by Gasteiger charge is -2.10. The molecule has 1 amide bonds. The zero-order valence-electron chi connectivity index (χ0n) is 13.4. The molecule has 5 heteroatoms. The standard InChI is InChI=1S/C12H16N2O2S.C6H6/c1-9(8-17-10(2)15)12(16)14-7-11-4-3-5-13-6-11;1-2-4-6-5-3-1/h3-6,9H,7-8H2,1-2H3,(H,14,16);1-6H. The summed E-state index contributed by atoms with van der Waals surface area (Å²) in [4.78, 5) is 26.4. The molecule has 23 heavy (non-hydrogen) atoms. The van der Waals surface area contributed by atoms with Crippen molar-refractivity contribution in [3.05, 3.63) is 66.5 Å². The predicted molar refractivity (Wildman–Crippen MR) is 94.8 cm³/mol. The summed E-state index contributed by atoms with van der Waals surface area (Å²) >= 11 is 1.18. The molecule has 1 N–H and O–H groups in total. The van der Waals surface area contributed by atoms with Gasteiger partial charge in [0.2, 0.25) is 5.91 Å². The van der Waals surface area contributed by atoms with Gasteiger partial charge in [-0.15, -0.1) is 0 Å². The summed E-state index contributed by atoms with van der Waals surface area (Å²) in [5, 5.41) is 2.86. The molecule has 0 spiro atoms. The Morgan fingerprint density at radius 3 is 2.22 bits per heavy atom. The second-order valence-corrected chi connectivity index (χ2v) is 6.13. The highest BCUT2D eigenvalue weighted by molar-refractivity contribution is 8.13. The van der Waals surface area contributed by atoms with Crippen LogP contribution in [0.5, 0.6) is 0 Å². The number of benzene rings is 1. The van der Waals surface area contributed by atoms with Crippen LogP contribution in [-0.4, -0.2) is 21.8 Å². The molecule has 0 saturated carbocycles. The molecule has 0 aliphatic rings. The van der Waals surface area contributed by atoms with Crippen LogP contribution < -0.4 is 5.32 Å². The van der Waals surface area contributed by atoms with Crippen molar-refractivity contribution in [1.82, 2.24) is 10.3 Å². The van der Waals surface area contributed by atoms with E-state index in [9.17, 15) is 9.59 Å². The topological polar surface area (TPSA) is 59.1 Å². The first-order valence-corrected chi connectivity index (χ1v) is 8.38. The SMILES string of the molecule is CC(=O)SCC(C)C(=O)NCc1cccnc1.c1ccccc1. The molecule has 0 aliphatic heterocycles. The first-order chi connectivity index (χ1) is 11.1. The lowest BCUT2D eigenvalue weighted by Crippen LogP contribution is -2.30. The van der Waals surface area contributed by atoms with Crippen molar-refractivity contribution >= 4 is 22.8 Å². The summed E-state index contributed by atoms with van der Waals surface area (Å²) in [7, 11) is 0. The van der Waals surface area contributed by atoms with Gasteiger partial charge in [0.25, 0.3) is 0 Å². The molecule has 122 valence electrons. The maximum Gasteiger partial charge on any atom is 0.223 e. The summed E-state index contributed by atoms with van der Waals surface area (Å²) in [6.45, 7) is 3.79. The first-order valence-electron chi connectivity index (χ1n) is 7.39. The predicted octanol–water partition coefficient (Wildman–Crippen LogP) is 3.30. The molecule has 1 aromatic carbocycles. The largest absolute Gasteiger partial charge is 0.352 e. The van der Waals surface area contributed by atoms with Crippen LogP contribution in [0.15, 0.2) is 60.9 Å². The van der Waals surface area contributed by atoms with Gasteiger partial charge in [0.15, 0.2) is 5.12 Å². The number of carbonyl (C=O) groups is 2. The van der Waals surface area contributed by atoms with E-state index in [-0.39, 0.29) is 16.9 Å². The number of hydrogen-bond donors (Lipinski definition) is 1. The molecule has 1 aromatic heterocycles. The Bertz CT molecular complexity index is 549. The van der Waals surface area contributed by atoms with Crippen molar-refractivity contribution in [2.75, 3.05) is 5.75 Å². The third-order valence-electron chi connectivity index (χ3n) is 2.84. The number of nitrogens with zero attached hydrogens (tertiary/aromatic N) is 1. The van der Waals surface area contributed by atoms with Crippen LogP contribution >= 0.6 is 11.8 Å². The average molecular weight is 330 g/mol. The first kappa shape index (κ1) is 18.9. The van der Waals surface area contributed by atoms with Gasteiger partial charge in [0.05, 0.1) is 0 Å². The molecule has 0 radical (unpaired) electrons. The molecule has 1 heterocycles. The van der Waals surface area contributed by atoms with Gasteiger partial charge >= 0.3 is 0 Å². The fourth-order valence-corrected chi connectivity index (χ4v) is 2.21. The van der Waals surface area contributed by atoms with Crippen LogP contribution in [0.25, 0.3) is 0 Å². The van der Waals surface area contributed by atoms with E-state index < -0.39 is 0 Å². The molecule has 2 rings (SSSR count). The van der Waals surface area contributed by atoms with Crippen molar-refractivity contribution < 1.29 is 9.59 Å². The Hall–Kier alpha value is -2.14.